The van der Waals surface area contributed by atoms with Crippen LogP contribution in [0.25, 0.3) is 11.1 Å². The molecule has 0 aromatic heterocycles. The molecule has 5 heteroatoms. The smallest absolute Gasteiger partial charge is 0.314 e. The van der Waals surface area contributed by atoms with Crippen LogP contribution in [0.1, 0.15) is 57.4 Å². The van der Waals surface area contributed by atoms with E-state index < -0.39 is 17.2 Å². The standard InChI is InChI=1S/C24H28F2O3/c1-2-3-4-15-29-20-11-13-24(14-12-20,23(27)28)18-7-10-21(22(26)16-18)17-5-8-19(25)9-6-17/h5-10,16,20H,2-4,11-15H2,1H3,(H,27,28). The molecule has 0 unspecified atom stereocenters. The molecule has 0 spiro atoms. The zero-order valence-corrected chi connectivity index (χ0v) is 16.8. The number of carbonyl (C=O) groups is 1. The van der Waals surface area contributed by atoms with Gasteiger partial charge in [-0.1, -0.05) is 44.0 Å². The average molecular weight is 402 g/mol. The first-order valence-corrected chi connectivity index (χ1v) is 10.4. The Kier molecular flexibility index (Phi) is 7.01. The number of carboxylic acid groups (broad SMARTS) is 1. The summed E-state index contributed by atoms with van der Waals surface area (Å²) in [5, 5.41) is 9.98. The summed E-state index contributed by atoms with van der Waals surface area (Å²) < 4.78 is 33.9. The summed E-state index contributed by atoms with van der Waals surface area (Å²) in [5.74, 6) is -1.80. The number of unbranched alkanes of at least 4 members (excludes halogenated alkanes) is 2. The van der Waals surface area contributed by atoms with Crippen LogP contribution in [0.4, 0.5) is 8.78 Å². The molecule has 3 nitrogen and oxygen atoms in total. The van der Waals surface area contributed by atoms with E-state index in [1.54, 1.807) is 12.1 Å². The van der Waals surface area contributed by atoms with Gasteiger partial charge in [0, 0.05) is 12.2 Å². The van der Waals surface area contributed by atoms with Crippen molar-refractivity contribution >= 4 is 5.97 Å². The molecule has 0 radical (unpaired) electrons. The molecule has 0 atom stereocenters. The van der Waals surface area contributed by atoms with Gasteiger partial charge in [-0.2, -0.15) is 0 Å². The molecular weight excluding hydrogens is 374 g/mol. The first-order valence-electron chi connectivity index (χ1n) is 10.4. The molecule has 1 aliphatic carbocycles. The molecule has 2 aromatic carbocycles. The highest BCUT2D eigenvalue weighted by Crippen LogP contribution is 2.42. The maximum atomic E-state index is 14.8. The molecule has 1 N–H and O–H groups in total. The van der Waals surface area contributed by atoms with E-state index in [0.717, 1.165) is 19.3 Å². The SMILES string of the molecule is CCCCCOC1CCC(C(=O)O)(c2ccc(-c3ccc(F)cc3)c(F)c2)CC1. The molecule has 1 saturated carbocycles. The van der Waals surface area contributed by atoms with Gasteiger partial charge in [0.05, 0.1) is 11.5 Å². The Morgan fingerprint density at radius 2 is 1.79 bits per heavy atom. The predicted octanol–water partition coefficient (Wildman–Crippen LogP) is 6.10. The molecule has 29 heavy (non-hydrogen) atoms. The first-order chi connectivity index (χ1) is 14.0. The summed E-state index contributed by atoms with van der Waals surface area (Å²) in [6.07, 6.45) is 5.52. The van der Waals surface area contributed by atoms with E-state index in [1.165, 1.54) is 30.3 Å². The molecular formula is C24H28F2O3. The van der Waals surface area contributed by atoms with E-state index in [9.17, 15) is 18.7 Å². The second-order valence-corrected chi connectivity index (χ2v) is 7.87. The van der Waals surface area contributed by atoms with Gasteiger partial charge in [0.2, 0.25) is 0 Å². The van der Waals surface area contributed by atoms with Crippen LogP contribution in [0.3, 0.4) is 0 Å². The van der Waals surface area contributed by atoms with Gasteiger partial charge in [-0.25, -0.2) is 8.78 Å². The highest BCUT2D eigenvalue weighted by atomic mass is 19.1. The zero-order valence-electron chi connectivity index (χ0n) is 16.8. The number of hydrogen-bond acceptors (Lipinski definition) is 2. The van der Waals surface area contributed by atoms with E-state index >= 15 is 0 Å². The van der Waals surface area contributed by atoms with Crippen molar-refractivity contribution < 1.29 is 23.4 Å². The molecule has 1 fully saturated rings. The molecule has 0 bridgehead atoms. The number of ether oxygens (including phenoxy) is 1. The Morgan fingerprint density at radius 1 is 1.10 bits per heavy atom. The van der Waals surface area contributed by atoms with Crippen molar-refractivity contribution in [3.63, 3.8) is 0 Å². The van der Waals surface area contributed by atoms with Gasteiger partial charge < -0.3 is 9.84 Å². The number of hydrogen-bond donors (Lipinski definition) is 1. The third-order valence-corrected chi connectivity index (χ3v) is 5.97. The van der Waals surface area contributed by atoms with Gasteiger partial charge >= 0.3 is 5.97 Å². The quantitative estimate of drug-likeness (QED) is 0.543. The Labute approximate surface area is 170 Å². The average Bonchev–Trinajstić information content (AvgIpc) is 2.72. The van der Waals surface area contributed by atoms with Gasteiger partial charge in [0.25, 0.3) is 0 Å². The van der Waals surface area contributed by atoms with Crippen molar-refractivity contribution in [2.75, 3.05) is 6.61 Å². The monoisotopic (exact) mass is 402 g/mol. The largest absolute Gasteiger partial charge is 0.481 e. The van der Waals surface area contributed by atoms with E-state index in [-0.39, 0.29) is 11.9 Å². The summed E-state index contributed by atoms with van der Waals surface area (Å²) in [4.78, 5) is 12.2. The van der Waals surface area contributed by atoms with Crippen molar-refractivity contribution in [1.29, 1.82) is 0 Å². The lowest BCUT2D eigenvalue weighted by atomic mass is 9.68. The normalized spacial score (nSPS) is 21.8. The Balaban J connectivity index is 1.75. The van der Waals surface area contributed by atoms with Crippen LogP contribution in [0, 0.1) is 11.6 Å². The van der Waals surface area contributed by atoms with Crippen LogP contribution in [0.2, 0.25) is 0 Å². The van der Waals surface area contributed by atoms with E-state index in [4.69, 9.17) is 4.74 Å². The molecule has 156 valence electrons. The number of halogens is 2. The van der Waals surface area contributed by atoms with E-state index in [2.05, 4.69) is 6.92 Å². The highest BCUT2D eigenvalue weighted by Gasteiger charge is 2.44. The fraction of sp³-hybridized carbons (Fsp3) is 0.458. The second kappa shape index (κ2) is 9.49. The van der Waals surface area contributed by atoms with Gasteiger partial charge in [-0.3, -0.25) is 4.79 Å². The Hall–Kier alpha value is -2.27. The van der Waals surface area contributed by atoms with Crippen LogP contribution in [-0.2, 0) is 14.9 Å². The third kappa shape index (κ3) is 4.84. The molecule has 1 aliphatic rings. The minimum atomic E-state index is -1.09. The van der Waals surface area contributed by atoms with Gasteiger partial charge in [-0.05, 0) is 61.4 Å². The molecule has 0 aliphatic heterocycles. The van der Waals surface area contributed by atoms with Gasteiger partial charge in [0.1, 0.15) is 11.6 Å². The summed E-state index contributed by atoms with van der Waals surface area (Å²) in [6, 6.07) is 10.2. The Morgan fingerprint density at radius 3 is 2.38 bits per heavy atom. The van der Waals surface area contributed by atoms with Crippen LogP contribution >= 0.6 is 0 Å². The van der Waals surface area contributed by atoms with Crippen molar-refractivity contribution in [3.8, 4) is 11.1 Å². The van der Waals surface area contributed by atoms with Crippen LogP contribution < -0.4 is 0 Å². The van der Waals surface area contributed by atoms with Gasteiger partial charge in [0.15, 0.2) is 0 Å². The lowest BCUT2D eigenvalue weighted by Crippen LogP contribution is -2.41. The molecule has 2 aromatic rings. The minimum Gasteiger partial charge on any atom is -0.481 e. The number of aliphatic carboxylic acids is 1. The summed E-state index contributed by atoms with van der Waals surface area (Å²) >= 11 is 0. The topological polar surface area (TPSA) is 46.5 Å². The maximum absolute atomic E-state index is 14.8. The molecule has 0 heterocycles. The van der Waals surface area contributed by atoms with Crippen LogP contribution in [0.15, 0.2) is 42.5 Å². The lowest BCUT2D eigenvalue weighted by Gasteiger charge is -2.37. The van der Waals surface area contributed by atoms with Crippen LogP contribution in [0.5, 0.6) is 0 Å². The van der Waals surface area contributed by atoms with E-state index in [1.807, 2.05) is 0 Å². The van der Waals surface area contributed by atoms with Crippen LogP contribution in [-0.4, -0.2) is 23.8 Å². The molecule has 3 rings (SSSR count). The van der Waals surface area contributed by atoms with Crippen molar-refractivity contribution in [2.45, 2.75) is 63.4 Å². The number of rotatable bonds is 8. The maximum Gasteiger partial charge on any atom is 0.314 e. The first kappa shape index (κ1) is 21.4. The Bertz CT molecular complexity index is 825. The lowest BCUT2D eigenvalue weighted by molar-refractivity contribution is -0.146. The highest BCUT2D eigenvalue weighted by molar-refractivity contribution is 5.82. The summed E-state index contributed by atoms with van der Waals surface area (Å²) in [5.41, 5.74) is 0.287. The fourth-order valence-electron chi connectivity index (χ4n) is 4.16. The molecule has 0 amide bonds. The van der Waals surface area contributed by atoms with Gasteiger partial charge in [-0.15, -0.1) is 0 Å². The summed E-state index contributed by atoms with van der Waals surface area (Å²) in [7, 11) is 0. The van der Waals surface area contributed by atoms with Crippen molar-refractivity contribution in [2.24, 2.45) is 0 Å². The van der Waals surface area contributed by atoms with Crippen molar-refractivity contribution in [3.05, 3.63) is 59.7 Å². The number of benzene rings is 2. The molecule has 0 saturated heterocycles. The second-order valence-electron chi connectivity index (χ2n) is 7.87. The van der Waals surface area contributed by atoms with Crippen molar-refractivity contribution in [1.82, 2.24) is 0 Å². The predicted molar refractivity (Wildman–Crippen MR) is 109 cm³/mol. The fourth-order valence-corrected chi connectivity index (χ4v) is 4.16. The summed E-state index contributed by atoms with van der Waals surface area (Å²) in [6.45, 7) is 2.85. The third-order valence-electron chi connectivity index (χ3n) is 5.97. The number of carboxylic acids is 1. The van der Waals surface area contributed by atoms with E-state index in [0.29, 0.717) is 49.0 Å². The zero-order chi connectivity index (χ0) is 20.9. The minimum absolute atomic E-state index is 0.0719.